The topological polar surface area (TPSA) is 107 Å². The number of para-hydroxylation sites is 1. The van der Waals surface area contributed by atoms with Crippen LogP contribution >= 0.6 is 0 Å². The second-order valence-corrected chi connectivity index (χ2v) is 4.32. The number of nitrogens with two attached hydrogens (primary N) is 1. The fraction of sp³-hybridized carbons (Fsp3) is 0.167. The molecule has 104 valence electrons. The molecule has 8 heteroatoms. The van der Waals surface area contributed by atoms with Gasteiger partial charge in [0.05, 0.1) is 4.92 Å². The average Bonchev–Trinajstić information content (AvgIpc) is 2.86. The molecular formula is C12H13N5O3. The lowest BCUT2D eigenvalue weighted by Gasteiger charge is -2.07. The minimum Gasteiger partial charge on any atom is -0.393 e. The van der Waals surface area contributed by atoms with E-state index in [1.807, 2.05) is 0 Å². The Balaban J connectivity index is 2.51. The van der Waals surface area contributed by atoms with E-state index in [2.05, 4.69) is 5.10 Å². The van der Waals surface area contributed by atoms with Crippen molar-refractivity contribution in [3.05, 3.63) is 46.3 Å². The molecule has 0 aliphatic heterocycles. The predicted molar refractivity (Wildman–Crippen MR) is 72.6 cm³/mol. The molecule has 0 saturated heterocycles. The van der Waals surface area contributed by atoms with Gasteiger partial charge in [-0.3, -0.25) is 14.9 Å². The summed E-state index contributed by atoms with van der Waals surface area (Å²) in [7, 11) is 3.20. The molecule has 1 amide bonds. The quantitative estimate of drug-likeness (QED) is 0.512. The number of rotatable bonds is 3. The molecule has 1 heterocycles. The van der Waals surface area contributed by atoms with Crippen LogP contribution in [0.4, 0.5) is 11.4 Å². The molecule has 0 saturated carbocycles. The van der Waals surface area contributed by atoms with Crippen molar-refractivity contribution >= 4 is 17.3 Å². The third kappa shape index (κ3) is 2.30. The van der Waals surface area contributed by atoms with Crippen LogP contribution in [0.3, 0.4) is 0 Å². The van der Waals surface area contributed by atoms with Gasteiger partial charge in [-0.15, -0.1) is 0 Å². The SMILES string of the molecule is CN(C)C(=O)c1ccn(-c2cccc(N)c2[N+](=O)[O-])n1. The molecule has 2 N–H and O–H groups in total. The zero-order valence-electron chi connectivity index (χ0n) is 11.0. The second-order valence-electron chi connectivity index (χ2n) is 4.32. The lowest BCUT2D eigenvalue weighted by molar-refractivity contribution is -0.383. The van der Waals surface area contributed by atoms with Crippen molar-refractivity contribution in [3.63, 3.8) is 0 Å². The monoisotopic (exact) mass is 275 g/mol. The summed E-state index contributed by atoms with van der Waals surface area (Å²) in [5.74, 6) is -0.282. The van der Waals surface area contributed by atoms with E-state index in [0.29, 0.717) is 0 Å². The van der Waals surface area contributed by atoms with Crippen LogP contribution in [0.5, 0.6) is 0 Å². The maximum absolute atomic E-state index is 11.8. The number of anilines is 1. The molecular weight excluding hydrogens is 262 g/mol. The highest BCUT2D eigenvalue weighted by molar-refractivity contribution is 5.91. The predicted octanol–water partition coefficient (Wildman–Crippen LogP) is 1.06. The minimum absolute atomic E-state index is 0.0449. The number of amides is 1. The van der Waals surface area contributed by atoms with Crippen LogP contribution < -0.4 is 5.73 Å². The summed E-state index contributed by atoms with van der Waals surface area (Å²) in [6.07, 6.45) is 1.48. The van der Waals surface area contributed by atoms with Gasteiger partial charge in [-0.05, 0) is 18.2 Å². The largest absolute Gasteiger partial charge is 0.393 e. The van der Waals surface area contributed by atoms with E-state index in [4.69, 9.17) is 5.73 Å². The Morgan fingerprint density at radius 3 is 2.70 bits per heavy atom. The number of hydrogen-bond acceptors (Lipinski definition) is 5. The van der Waals surface area contributed by atoms with Gasteiger partial charge in [0.15, 0.2) is 5.69 Å². The number of nitro benzene ring substituents is 1. The van der Waals surface area contributed by atoms with Crippen molar-refractivity contribution in [1.82, 2.24) is 14.7 Å². The molecule has 0 bridgehead atoms. The molecule has 2 aromatic rings. The van der Waals surface area contributed by atoms with Crippen LogP contribution in [-0.2, 0) is 0 Å². The summed E-state index contributed by atoms with van der Waals surface area (Å²) in [4.78, 5) is 23.6. The van der Waals surface area contributed by atoms with Gasteiger partial charge < -0.3 is 10.6 Å². The molecule has 0 unspecified atom stereocenters. The summed E-state index contributed by atoms with van der Waals surface area (Å²) in [6.45, 7) is 0. The Kier molecular flexibility index (Phi) is 3.38. The van der Waals surface area contributed by atoms with E-state index >= 15 is 0 Å². The Morgan fingerprint density at radius 2 is 2.10 bits per heavy atom. The standard InChI is InChI=1S/C12H13N5O3/c1-15(2)12(18)9-6-7-16(14-9)10-5-3-4-8(13)11(10)17(19)20/h3-7H,13H2,1-2H3. The molecule has 1 aromatic carbocycles. The maximum atomic E-state index is 11.8. The van der Waals surface area contributed by atoms with Crippen molar-refractivity contribution in [2.24, 2.45) is 0 Å². The molecule has 2 rings (SSSR count). The highest BCUT2D eigenvalue weighted by Gasteiger charge is 2.21. The lowest BCUT2D eigenvalue weighted by Crippen LogP contribution is -2.22. The average molecular weight is 275 g/mol. The van der Waals surface area contributed by atoms with Gasteiger partial charge in [0.25, 0.3) is 5.91 Å². The molecule has 8 nitrogen and oxygen atoms in total. The van der Waals surface area contributed by atoms with Crippen LogP contribution in [0.1, 0.15) is 10.5 Å². The summed E-state index contributed by atoms with van der Waals surface area (Å²) in [5.41, 5.74) is 5.84. The van der Waals surface area contributed by atoms with Crippen molar-refractivity contribution in [2.75, 3.05) is 19.8 Å². The van der Waals surface area contributed by atoms with Gasteiger partial charge in [0, 0.05) is 20.3 Å². The van der Waals surface area contributed by atoms with Crippen molar-refractivity contribution in [2.45, 2.75) is 0 Å². The molecule has 1 aromatic heterocycles. The van der Waals surface area contributed by atoms with Crippen molar-refractivity contribution in [3.8, 4) is 5.69 Å². The van der Waals surface area contributed by atoms with Gasteiger partial charge in [-0.1, -0.05) is 6.07 Å². The highest BCUT2D eigenvalue weighted by atomic mass is 16.6. The van der Waals surface area contributed by atoms with E-state index < -0.39 is 4.92 Å². The van der Waals surface area contributed by atoms with Gasteiger partial charge in [-0.2, -0.15) is 5.10 Å². The van der Waals surface area contributed by atoms with Crippen LogP contribution in [0.25, 0.3) is 5.69 Å². The van der Waals surface area contributed by atoms with Crippen molar-refractivity contribution < 1.29 is 9.72 Å². The third-order valence-corrected chi connectivity index (χ3v) is 2.69. The van der Waals surface area contributed by atoms with Crippen molar-refractivity contribution in [1.29, 1.82) is 0 Å². The Bertz CT molecular complexity index is 677. The Morgan fingerprint density at radius 1 is 1.40 bits per heavy atom. The molecule has 0 aliphatic carbocycles. The molecule has 0 radical (unpaired) electrons. The lowest BCUT2D eigenvalue weighted by atomic mass is 10.2. The third-order valence-electron chi connectivity index (χ3n) is 2.69. The Labute approximate surface area is 114 Å². The number of nitro groups is 1. The second kappa shape index (κ2) is 5.00. The number of carbonyl (C=O) groups excluding carboxylic acids is 1. The first-order valence-corrected chi connectivity index (χ1v) is 5.72. The number of nitrogens with zero attached hydrogens (tertiary/aromatic N) is 4. The fourth-order valence-corrected chi connectivity index (χ4v) is 1.73. The number of nitrogen functional groups attached to an aromatic ring is 1. The first-order chi connectivity index (χ1) is 9.41. The normalized spacial score (nSPS) is 10.3. The minimum atomic E-state index is -0.570. The van der Waals surface area contributed by atoms with Gasteiger partial charge >= 0.3 is 5.69 Å². The van der Waals surface area contributed by atoms with E-state index in [1.165, 1.54) is 34.0 Å². The summed E-state index contributed by atoms with van der Waals surface area (Å²) < 4.78 is 1.27. The number of benzene rings is 1. The van der Waals surface area contributed by atoms with Gasteiger partial charge in [0.1, 0.15) is 11.4 Å². The summed E-state index contributed by atoms with van der Waals surface area (Å²) in [5, 5.41) is 15.1. The van der Waals surface area contributed by atoms with Crippen LogP contribution in [0, 0.1) is 10.1 Å². The number of carbonyl (C=O) groups is 1. The number of aromatic nitrogens is 2. The van der Waals surface area contributed by atoms with E-state index in [9.17, 15) is 14.9 Å². The van der Waals surface area contributed by atoms with E-state index in [1.54, 1.807) is 20.2 Å². The number of hydrogen-bond donors (Lipinski definition) is 1. The molecule has 0 atom stereocenters. The van der Waals surface area contributed by atoms with Crippen LogP contribution in [0.2, 0.25) is 0 Å². The molecule has 20 heavy (non-hydrogen) atoms. The fourth-order valence-electron chi connectivity index (χ4n) is 1.73. The maximum Gasteiger partial charge on any atom is 0.317 e. The zero-order valence-corrected chi connectivity index (χ0v) is 11.0. The van der Waals surface area contributed by atoms with Crippen LogP contribution in [-0.4, -0.2) is 39.6 Å². The molecule has 0 fully saturated rings. The Hall–Kier alpha value is -2.90. The zero-order chi connectivity index (χ0) is 14.9. The van der Waals surface area contributed by atoms with E-state index in [0.717, 1.165) is 0 Å². The van der Waals surface area contributed by atoms with Gasteiger partial charge in [-0.25, -0.2) is 4.68 Å². The molecule has 0 spiro atoms. The highest BCUT2D eigenvalue weighted by Crippen LogP contribution is 2.28. The first-order valence-electron chi connectivity index (χ1n) is 5.72. The smallest absolute Gasteiger partial charge is 0.317 e. The van der Waals surface area contributed by atoms with E-state index in [-0.39, 0.29) is 28.7 Å². The summed E-state index contributed by atoms with van der Waals surface area (Å²) in [6, 6.07) is 6.05. The van der Waals surface area contributed by atoms with Crippen LogP contribution in [0.15, 0.2) is 30.5 Å². The first kappa shape index (κ1) is 13.5. The summed E-state index contributed by atoms with van der Waals surface area (Å²) >= 11 is 0. The molecule has 0 aliphatic rings. The van der Waals surface area contributed by atoms with Gasteiger partial charge in [0.2, 0.25) is 0 Å².